The lowest BCUT2D eigenvalue weighted by Gasteiger charge is -2.12. The number of Topliss-reactive ketones (excluding diaryl/α,β-unsaturated/α-hetero) is 1. The van der Waals surface area contributed by atoms with Crippen molar-refractivity contribution >= 4 is 34.3 Å². The number of carbonyl (C=O) groups is 1. The number of rotatable bonds is 2. The van der Waals surface area contributed by atoms with E-state index < -0.39 is 0 Å². The highest BCUT2D eigenvalue weighted by Gasteiger charge is 2.23. The molecule has 0 saturated heterocycles. The molecule has 3 rings (SSSR count). The van der Waals surface area contributed by atoms with Gasteiger partial charge in [0.25, 0.3) is 5.88 Å². The highest BCUT2D eigenvalue weighted by Crippen LogP contribution is 2.33. The molecule has 2 aromatic rings. The van der Waals surface area contributed by atoms with Crippen molar-refractivity contribution in [3.63, 3.8) is 0 Å². The van der Waals surface area contributed by atoms with E-state index >= 15 is 0 Å². The number of ether oxygens (including phenoxy) is 1. The Morgan fingerprint density at radius 1 is 1.41 bits per heavy atom. The maximum Gasteiger partial charge on any atom is 0.259 e. The summed E-state index contributed by atoms with van der Waals surface area (Å²) in [6, 6.07) is 5.59. The Morgan fingerprint density at radius 3 is 2.91 bits per heavy atom. The Labute approximate surface area is 131 Å². The summed E-state index contributed by atoms with van der Waals surface area (Å²) in [6.45, 7) is 1.67. The summed E-state index contributed by atoms with van der Waals surface area (Å²) < 4.78 is 6.92. The van der Waals surface area contributed by atoms with Gasteiger partial charge in [-0.15, -0.1) is 5.10 Å². The zero-order valence-electron chi connectivity index (χ0n) is 12.0. The minimum Gasteiger partial charge on any atom is -0.478 e. The SMILES string of the molecule is COc1nn2ccccc2c1/N=C1\C=C(C)C(=O)C(Cl)=C1N. The topological polar surface area (TPSA) is 82.0 Å². The van der Waals surface area contributed by atoms with Crippen molar-refractivity contribution in [2.45, 2.75) is 6.92 Å². The highest BCUT2D eigenvalue weighted by molar-refractivity contribution is 6.49. The minimum absolute atomic E-state index is 0.0193. The Kier molecular flexibility index (Phi) is 3.46. The van der Waals surface area contributed by atoms with E-state index in [0.717, 1.165) is 5.52 Å². The van der Waals surface area contributed by atoms with Crippen molar-refractivity contribution in [1.29, 1.82) is 0 Å². The van der Waals surface area contributed by atoms with Crippen molar-refractivity contribution in [3.8, 4) is 5.88 Å². The van der Waals surface area contributed by atoms with E-state index in [1.807, 2.05) is 18.2 Å². The number of ketones is 1. The lowest BCUT2D eigenvalue weighted by atomic mass is 10.0. The summed E-state index contributed by atoms with van der Waals surface area (Å²) >= 11 is 5.97. The van der Waals surface area contributed by atoms with Gasteiger partial charge < -0.3 is 10.5 Å². The molecular formula is C15H13ClN4O2. The van der Waals surface area contributed by atoms with Crippen LogP contribution in [0.2, 0.25) is 0 Å². The second-order valence-electron chi connectivity index (χ2n) is 4.77. The molecule has 1 aliphatic carbocycles. The predicted molar refractivity (Wildman–Crippen MR) is 84.7 cm³/mol. The molecule has 0 fully saturated rings. The van der Waals surface area contributed by atoms with E-state index in [2.05, 4.69) is 10.1 Å². The quantitative estimate of drug-likeness (QED) is 0.862. The predicted octanol–water partition coefficient (Wildman–Crippen LogP) is 2.35. The van der Waals surface area contributed by atoms with Gasteiger partial charge in [0.05, 0.1) is 24.0 Å². The summed E-state index contributed by atoms with van der Waals surface area (Å²) in [7, 11) is 1.52. The van der Waals surface area contributed by atoms with Crippen LogP contribution in [0.5, 0.6) is 5.88 Å². The molecule has 0 spiro atoms. The van der Waals surface area contributed by atoms with Crippen LogP contribution in [0.3, 0.4) is 0 Å². The zero-order chi connectivity index (χ0) is 15.9. The number of hydrogen-bond donors (Lipinski definition) is 1. The van der Waals surface area contributed by atoms with Gasteiger partial charge in [-0.1, -0.05) is 17.7 Å². The molecule has 0 aromatic carbocycles. The molecule has 0 radical (unpaired) electrons. The molecule has 1 aliphatic rings. The van der Waals surface area contributed by atoms with Gasteiger partial charge in [0.2, 0.25) is 5.78 Å². The summed E-state index contributed by atoms with van der Waals surface area (Å²) in [5.74, 6) is 0.0792. The number of aromatic nitrogens is 2. The van der Waals surface area contributed by atoms with Crippen molar-refractivity contribution in [2.24, 2.45) is 10.7 Å². The number of methoxy groups -OCH3 is 1. The Morgan fingerprint density at radius 2 is 2.18 bits per heavy atom. The second-order valence-corrected chi connectivity index (χ2v) is 5.15. The van der Waals surface area contributed by atoms with Crippen LogP contribution in [0.15, 0.2) is 51.8 Å². The molecule has 0 saturated carbocycles. The van der Waals surface area contributed by atoms with E-state index in [1.54, 1.807) is 23.7 Å². The van der Waals surface area contributed by atoms with Gasteiger partial charge >= 0.3 is 0 Å². The molecule has 2 heterocycles. The Bertz CT molecular complexity index is 877. The van der Waals surface area contributed by atoms with E-state index in [1.165, 1.54) is 7.11 Å². The summed E-state index contributed by atoms with van der Waals surface area (Å²) in [5, 5.41) is 4.27. The molecule has 2 N–H and O–H groups in total. The van der Waals surface area contributed by atoms with Gasteiger partial charge in [0, 0.05) is 11.8 Å². The lowest BCUT2D eigenvalue weighted by Crippen LogP contribution is -2.20. The van der Waals surface area contributed by atoms with Crippen molar-refractivity contribution in [3.05, 3.63) is 46.8 Å². The van der Waals surface area contributed by atoms with Crippen LogP contribution in [0.25, 0.3) is 5.52 Å². The average Bonchev–Trinajstić information content (AvgIpc) is 2.88. The molecule has 22 heavy (non-hydrogen) atoms. The molecule has 2 aromatic heterocycles. The fourth-order valence-electron chi connectivity index (χ4n) is 2.18. The Balaban J connectivity index is 2.23. The van der Waals surface area contributed by atoms with Crippen LogP contribution < -0.4 is 10.5 Å². The smallest absolute Gasteiger partial charge is 0.259 e. The zero-order valence-corrected chi connectivity index (χ0v) is 12.8. The number of fused-ring (bicyclic) bond motifs is 1. The third-order valence-electron chi connectivity index (χ3n) is 3.33. The van der Waals surface area contributed by atoms with E-state index in [0.29, 0.717) is 22.9 Å². The average molecular weight is 317 g/mol. The summed E-state index contributed by atoms with van der Waals surface area (Å²) in [6.07, 6.45) is 3.40. The maximum atomic E-state index is 11.8. The van der Waals surface area contributed by atoms with Gasteiger partial charge in [-0.3, -0.25) is 4.79 Å². The summed E-state index contributed by atoms with van der Waals surface area (Å²) in [5.41, 5.74) is 8.25. The first-order valence-electron chi connectivity index (χ1n) is 6.51. The van der Waals surface area contributed by atoms with E-state index in [-0.39, 0.29) is 16.5 Å². The van der Waals surface area contributed by atoms with E-state index in [4.69, 9.17) is 22.1 Å². The van der Waals surface area contributed by atoms with Gasteiger partial charge in [-0.25, -0.2) is 9.51 Å². The van der Waals surface area contributed by atoms with Crippen LogP contribution >= 0.6 is 11.6 Å². The maximum absolute atomic E-state index is 11.8. The largest absolute Gasteiger partial charge is 0.478 e. The number of nitrogens with two attached hydrogens (primary N) is 1. The number of halogens is 1. The number of allylic oxidation sites excluding steroid dienone is 3. The second kappa shape index (κ2) is 5.31. The monoisotopic (exact) mass is 316 g/mol. The summed E-state index contributed by atoms with van der Waals surface area (Å²) in [4.78, 5) is 16.3. The molecule has 0 amide bonds. The third-order valence-corrected chi connectivity index (χ3v) is 3.71. The van der Waals surface area contributed by atoms with Gasteiger partial charge in [-0.05, 0) is 25.1 Å². The highest BCUT2D eigenvalue weighted by atomic mass is 35.5. The van der Waals surface area contributed by atoms with Gasteiger partial charge in [0.1, 0.15) is 5.03 Å². The fourth-order valence-corrected chi connectivity index (χ4v) is 2.42. The van der Waals surface area contributed by atoms with Crippen molar-refractivity contribution in [1.82, 2.24) is 9.61 Å². The normalized spacial score (nSPS) is 17.3. The van der Waals surface area contributed by atoms with Crippen molar-refractivity contribution in [2.75, 3.05) is 7.11 Å². The van der Waals surface area contributed by atoms with Crippen LogP contribution in [-0.4, -0.2) is 28.2 Å². The first-order chi connectivity index (χ1) is 10.5. The van der Waals surface area contributed by atoms with Crippen LogP contribution in [0, 0.1) is 0 Å². The molecule has 112 valence electrons. The number of nitrogens with zero attached hydrogens (tertiary/aromatic N) is 3. The number of pyridine rings is 1. The molecule has 7 heteroatoms. The number of hydrogen-bond acceptors (Lipinski definition) is 5. The van der Waals surface area contributed by atoms with Crippen LogP contribution in [0.1, 0.15) is 6.92 Å². The third kappa shape index (κ3) is 2.17. The number of aliphatic imine (C=N–C) groups is 1. The van der Waals surface area contributed by atoms with Crippen molar-refractivity contribution < 1.29 is 9.53 Å². The number of carbonyl (C=O) groups excluding carboxylic acids is 1. The van der Waals surface area contributed by atoms with Crippen LogP contribution in [-0.2, 0) is 4.79 Å². The molecule has 0 atom stereocenters. The minimum atomic E-state index is -0.287. The standard InChI is InChI=1S/C15H13ClN4O2/c1-8-7-9(12(17)11(16)14(8)21)18-13-10-5-3-4-6-20(10)19-15(13)22-2/h3-7H,17H2,1-2H3/b18-9+. The van der Waals surface area contributed by atoms with E-state index in [9.17, 15) is 4.79 Å². The molecule has 0 aliphatic heterocycles. The van der Waals surface area contributed by atoms with Gasteiger partial charge in [0.15, 0.2) is 5.69 Å². The molecule has 0 unspecified atom stereocenters. The fraction of sp³-hybridized carbons (Fsp3) is 0.133. The first-order valence-corrected chi connectivity index (χ1v) is 6.89. The first kappa shape index (κ1) is 14.3. The Hall–Kier alpha value is -2.60. The lowest BCUT2D eigenvalue weighted by molar-refractivity contribution is -0.111. The molecule has 6 nitrogen and oxygen atoms in total. The van der Waals surface area contributed by atoms with Gasteiger partial charge in [-0.2, -0.15) is 0 Å². The molecule has 0 bridgehead atoms. The van der Waals surface area contributed by atoms with Crippen LogP contribution in [0.4, 0.5) is 5.69 Å². The molecular weight excluding hydrogens is 304 g/mol.